The zero-order valence-electron chi connectivity index (χ0n) is 22.1. The molecule has 2 saturated heterocycles. The molecule has 0 spiro atoms. The third kappa shape index (κ3) is 5.73. The Kier molecular flexibility index (Phi) is 8.77. The molecule has 43 heavy (non-hydrogen) atoms. The first kappa shape index (κ1) is 30.9. The summed E-state index contributed by atoms with van der Waals surface area (Å²) in [4.78, 5) is 13.2. The van der Waals surface area contributed by atoms with Crippen LogP contribution in [0.1, 0.15) is 0 Å². The number of aromatic hydroxyl groups is 3. The van der Waals surface area contributed by atoms with Gasteiger partial charge in [0.2, 0.25) is 11.7 Å². The Morgan fingerprint density at radius 1 is 0.721 bits per heavy atom. The SMILES string of the molecule is O=c1c(-c2ccc(O)c(O)c2)coc2cc(OC3OC(CO)C(O)C(O)C3OC3OC(CO)C(O)C(O)C3O)cc(O)c12. The van der Waals surface area contributed by atoms with Crippen LogP contribution in [0.25, 0.3) is 22.1 Å². The predicted molar refractivity (Wildman–Crippen MR) is 140 cm³/mol. The predicted octanol–water partition coefficient (Wildman–Crippen LogP) is -2.42. The van der Waals surface area contributed by atoms with Gasteiger partial charge in [-0.3, -0.25) is 4.79 Å². The molecule has 10 atom stereocenters. The largest absolute Gasteiger partial charge is 0.507 e. The van der Waals surface area contributed by atoms with Crippen molar-refractivity contribution in [1.82, 2.24) is 0 Å². The van der Waals surface area contributed by atoms with E-state index in [-0.39, 0.29) is 27.8 Å². The molecule has 2 aliphatic heterocycles. The van der Waals surface area contributed by atoms with Gasteiger partial charge in [-0.1, -0.05) is 6.07 Å². The maximum Gasteiger partial charge on any atom is 0.229 e. The van der Waals surface area contributed by atoms with Crippen LogP contribution in [-0.2, 0) is 14.2 Å². The zero-order valence-corrected chi connectivity index (χ0v) is 22.1. The minimum absolute atomic E-state index is 0.0433. The second kappa shape index (κ2) is 12.2. The summed E-state index contributed by atoms with van der Waals surface area (Å²) in [5.74, 6) is -1.69. The Morgan fingerprint density at radius 3 is 2.02 bits per heavy atom. The van der Waals surface area contributed by atoms with Gasteiger partial charge in [-0.05, 0) is 17.7 Å². The zero-order chi connectivity index (χ0) is 31.2. The summed E-state index contributed by atoms with van der Waals surface area (Å²) >= 11 is 0. The van der Waals surface area contributed by atoms with Gasteiger partial charge in [0.25, 0.3) is 0 Å². The third-order valence-electron chi connectivity index (χ3n) is 7.33. The fourth-order valence-corrected chi connectivity index (χ4v) is 4.93. The van der Waals surface area contributed by atoms with Gasteiger partial charge in [-0.15, -0.1) is 0 Å². The number of rotatable bonds is 7. The van der Waals surface area contributed by atoms with Crippen LogP contribution in [0.4, 0.5) is 0 Å². The van der Waals surface area contributed by atoms with Crippen molar-refractivity contribution in [2.24, 2.45) is 0 Å². The van der Waals surface area contributed by atoms with Crippen molar-refractivity contribution < 1.29 is 74.4 Å². The average molecular weight is 611 g/mol. The van der Waals surface area contributed by atoms with Crippen LogP contribution in [0, 0.1) is 0 Å². The lowest BCUT2D eigenvalue weighted by molar-refractivity contribution is -0.357. The minimum Gasteiger partial charge on any atom is -0.507 e. The second-order valence-electron chi connectivity index (χ2n) is 10.1. The molecule has 5 rings (SSSR count). The van der Waals surface area contributed by atoms with Crippen molar-refractivity contribution in [3.8, 4) is 34.1 Å². The van der Waals surface area contributed by atoms with E-state index < -0.39 is 97.3 Å². The number of phenols is 3. The first-order valence-corrected chi connectivity index (χ1v) is 13.0. The molecule has 3 aromatic rings. The summed E-state index contributed by atoms with van der Waals surface area (Å²) in [6.07, 6.45) is -15.7. The molecule has 234 valence electrons. The van der Waals surface area contributed by atoms with E-state index in [4.69, 9.17) is 23.4 Å². The number of phenolic OH excluding ortho intramolecular Hbond substituents is 3. The van der Waals surface area contributed by atoms with Crippen molar-refractivity contribution in [1.29, 1.82) is 0 Å². The molecular formula is C27H30O16. The molecule has 2 aliphatic rings. The van der Waals surface area contributed by atoms with Crippen LogP contribution >= 0.6 is 0 Å². The molecule has 0 aliphatic carbocycles. The van der Waals surface area contributed by atoms with Gasteiger partial charge in [0.15, 0.2) is 23.9 Å². The molecule has 16 heteroatoms. The third-order valence-corrected chi connectivity index (χ3v) is 7.33. The Labute approximate surface area is 241 Å². The van der Waals surface area contributed by atoms with E-state index in [1.165, 1.54) is 18.2 Å². The average Bonchev–Trinajstić information content (AvgIpc) is 2.98. The molecule has 16 nitrogen and oxygen atoms in total. The van der Waals surface area contributed by atoms with Gasteiger partial charge in [0.05, 0.1) is 18.8 Å². The Balaban J connectivity index is 1.45. The fourth-order valence-electron chi connectivity index (χ4n) is 4.93. The molecule has 1 aromatic heterocycles. The summed E-state index contributed by atoms with van der Waals surface area (Å²) in [7, 11) is 0. The number of fused-ring (bicyclic) bond motifs is 1. The van der Waals surface area contributed by atoms with E-state index in [9.17, 15) is 55.9 Å². The smallest absolute Gasteiger partial charge is 0.229 e. The van der Waals surface area contributed by atoms with Gasteiger partial charge in [0, 0.05) is 12.1 Å². The van der Waals surface area contributed by atoms with Gasteiger partial charge < -0.3 is 74.4 Å². The van der Waals surface area contributed by atoms with Crippen LogP contribution in [0.3, 0.4) is 0 Å². The molecule has 0 amide bonds. The molecule has 2 fully saturated rings. The highest BCUT2D eigenvalue weighted by Gasteiger charge is 2.51. The van der Waals surface area contributed by atoms with E-state index in [1.807, 2.05) is 0 Å². The van der Waals surface area contributed by atoms with E-state index >= 15 is 0 Å². The van der Waals surface area contributed by atoms with Crippen LogP contribution in [-0.4, -0.2) is 126 Å². The number of hydrogen-bond donors (Lipinski definition) is 10. The van der Waals surface area contributed by atoms with Gasteiger partial charge in [-0.2, -0.15) is 0 Å². The van der Waals surface area contributed by atoms with Crippen molar-refractivity contribution in [3.05, 3.63) is 46.8 Å². The van der Waals surface area contributed by atoms with Gasteiger partial charge in [-0.25, -0.2) is 0 Å². The highest BCUT2D eigenvalue weighted by atomic mass is 16.8. The number of benzene rings is 2. The summed E-state index contributed by atoms with van der Waals surface area (Å²) in [6.45, 7) is -1.53. The number of hydrogen-bond acceptors (Lipinski definition) is 16. The molecular weight excluding hydrogens is 580 g/mol. The summed E-state index contributed by atoms with van der Waals surface area (Å²) < 4.78 is 27.8. The van der Waals surface area contributed by atoms with E-state index in [0.29, 0.717) is 0 Å². The quantitative estimate of drug-likeness (QED) is 0.125. The number of aliphatic hydroxyl groups is 7. The minimum atomic E-state index is -1.87. The highest BCUT2D eigenvalue weighted by molar-refractivity contribution is 5.88. The van der Waals surface area contributed by atoms with Gasteiger partial charge >= 0.3 is 0 Å². The number of ether oxygens (including phenoxy) is 4. The van der Waals surface area contributed by atoms with Crippen LogP contribution in [0.2, 0.25) is 0 Å². The maximum atomic E-state index is 13.2. The van der Waals surface area contributed by atoms with E-state index in [2.05, 4.69) is 0 Å². The molecule has 0 saturated carbocycles. The number of aliphatic hydroxyl groups excluding tert-OH is 7. The normalized spacial score (nSPS) is 33.0. The van der Waals surface area contributed by atoms with E-state index in [1.54, 1.807) is 0 Å². The summed E-state index contributed by atoms with van der Waals surface area (Å²) in [5, 5.41) is 101. The topological polar surface area (TPSA) is 269 Å². The van der Waals surface area contributed by atoms with Crippen molar-refractivity contribution in [2.45, 2.75) is 61.4 Å². The fraction of sp³-hybridized carbons (Fsp3) is 0.444. The second-order valence-corrected chi connectivity index (χ2v) is 10.1. The van der Waals surface area contributed by atoms with Crippen LogP contribution < -0.4 is 10.2 Å². The Hall–Kier alpha value is -3.55. The summed E-state index contributed by atoms with van der Waals surface area (Å²) in [6, 6.07) is 5.86. The Morgan fingerprint density at radius 2 is 1.37 bits per heavy atom. The van der Waals surface area contributed by atoms with Crippen molar-refractivity contribution in [2.75, 3.05) is 13.2 Å². The van der Waals surface area contributed by atoms with Crippen molar-refractivity contribution in [3.63, 3.8) is 0 Å². The lowest BCUT2D eigenvalue weighted by Gasteiger charge is -2.45. The molecule has 3 heterocycles. The first-order chi connectivity index (χ1) is 20.4. The maximum absolute atomic E-state index is 13.2. The first-order valence-electron chi connectivity index (χ1n) is 13.0. The lowest BCUT2D eigenvalue weighted by Crippen LogP contribution is -2.65. The Bertz CT molecular complexity index is 1510. The molecule has 10 unspecified atom stereocenters. The molecule has 2 aromatic carbocycles. The van der Waals surface area contributed by atoms with Crippen molar-refractivity contribution >= 4 is 11.0 Å². The molecule has 0 radical (unpaired) electrons. The summed E-state index contributed by atoms with van der Waals surface area (Å²) in [5.41, 5.74) is -0.699. The van der Waals surface area contributed by atoms with Crippen LogP contribution in [0.5, 0.6) is 23.0 Å². The highest BCUT2D eigenvalue weighted by Crippen LogP contribution is 2.35. The monoisotopic (exact) mass is 610 g/mol. The van der Waals surface area contributed by atoms with E-state index in [0.717, 1.165) is 18.4 Å². The molecule has 10 N–H and O–H groups in total. The molecule has 0 bridgehead atoms. The standard InChI is InChI=1S/C27H30O16/c28-6-16-20(34)22(36)24(38)26(41-16)43-25-23(37)21(35)17(7-29)42-27(25)40-10-4-14(32)18-15(5-10)39-8-11(19(18)33)9-1-2-12(30)13(31)3-9/h1-5,8,16-17,20-32,34-38H,6-7H2. The lowest BCUT2D eigenvalue weighted by atomic mass is 9.97. The van der Waals surface area contributed by atoms with Crippen LogP contribution in [0.15, 0.2) is 45.8 Å². The van der Waals surface area contributed by atoms with Gasteiger partial charge in [0.1, 0.15) is 71.5 Å².